The summed E-state index contributed by atoms with van der Waals surface area (Å²) >= 11 is 2.95. The molecule has 1 unspecified atom stereocenters. The van der Waals surface area contributed by atoms with Crippen molar-refractivity contribution in [2.45, 2.75) is 17.0 Å². The maximum absolute atomic E-state index is 12.1. The van der Waals surface area contributed by atoms with Gasteiger partial charge in [0, 0.05) is 16.6 Å². The molecular weight excluding hydrogens is 280 g/mol. The van der Waals surface area contributed by atoms with Gasteiger partial charge in [0.2, 0.25) is 11.1 Å². The van der Waals surface area contributed by atoms with E-state index in [1.165, 1.54) is 11.8 Å². The molecule has 0 spiro atoms. The van der Waals surface area contributed by atoms with E-state index in [1.54, 1.807) is 16.4 Å². The molecule has 5 nitrogen and oxygen atoms in total. The lowest BCUT2D eigenvalue weighted by atomic mass is 10.2. The van der Waals surface area contributed by atoms with E-state index in [-0.39, 0.29) is 10.4 Å². The lowest BCUT2D eigenvalue weighted by molar-refractivity contribution is 0.108. The molecule has 7 heteroatoms. The van der Waals surface area contributed by atoms with Crippen molar-refractivity contribution in [3.05, 3.63) is 35.9 Å². The van der Waals surface area contributed by atoms with Crippen LogP contribution in [-0.4, -0.2) is 30.9 Å². The second-order valence-electron chi connectivity index (χ2n) is 4.14. The van der Waals surface area contributed by atoms with Gasteiger partial charge in [-0.25, -0.2) is 4.68 Å². The van der Waals surface area contributed by atoms with Gasteiger partial charge in [0.1, 0.15) is 0 Å². The van der Waals surface area contributed by atoms with Crippen molar-refractivity contribution >= 4 is 34.6 Å². The van der Waals surface area contributed by atoms with Crippen molar-refractivity contribution in [3.63, 3.8) is 0 Å². The molecule has 1 aliphatic heterocycles. The van der Waals surface area contributed by atoms with Crippen LogP contribution in [0, 0.1) is 0 Å². The molecule has 0 radical (unpaired) electrons. The number of hydrogen-bond donors (Lipinski definition) is 1. The summed E-state index contributed by atoms with van der Waals surface area (Å²) in [4.78, 5) is 16.2. The minimum atomic E-state index is 0.0998. The Hall–Kier alpha value is -1.47. The first-order valence-corrected chi connectivity index (χ1v) is 7.68. The van der Waals surface area contributed by atoms with Crippen molar-refractivity contribution in [1.82, 2.24) is 14.8 Å². The van der Waals surface area contributed by atoms with E-state index in [0.717, 1.165) is 16.5 Å². The van der Waals surface area contributed by atoms with Crippen molar-refractivity contribution in [2.24, 2.45) is 0 Å². The Bertz CT molecular complexity index is 599. The zero-order valence-electron chi connectivity index (χ0n) is 10.0. The SMILES string of the molecule is Nc1nc2n(n1)CC(SC(=O)c1ccccc1)CS2. The normalized spacial score (nSPS) is 18.0. The molecule has 19 heavy (non-hydrogen) atoms. The largest absolute Gasteiger partial charge is 0.366 e. The van der Waals surface area contributed by atoms with Gasteiger partial charge in [0.15, 0.2) is 5.16 Å². The number of fused-ring (bicyclic) bond motifs is 1. The number of anilines is 1. The zero-order chi connectivity index (χ0) is 13.2. The van der Waals surface area contributed by atoms with Crippen LogP contribution in [0.15, 0.2) is 35.5 Å². The van der Waals surface area contributed by atoms with Crippen LogP contribution >= 0.6 is 23.5 Å². The highest BCUT2D eigenvalue weighted by Crippen LogP contribution is 2.30. The first-order valence-electron chi connectivity index (χ1n) is 5.81. The second-order valence-corrected chi connectivity index (χ2v) is 6.40. The summed E-state index contributed by atoms with van der Waals surface area (Å²) in [7, 11) is 0. The summed E-state index contributed by atoms with van der Waals surface area (Å²) in [6.07, 6.45) is 0. The molecule has 3 rings (SSSR count). The van der Waals surface area contributed by atoms with E-state index in [9.17, 15) is 4.79 Å². The third-order valence-corrected chi connectivity index (χ3v) is 5.15. The molecular formula is C12H12N4OS2. The fraction of sp³-hybridized carbons (Fsp3) is 0.250. The number of hydrogen-bond acceptors (Lipinski definition) is 6. The molecule has 1 aromatic carbocycles. The van der Waals surface area contributed by atoms with Crippen LogP contribution in [0.3, 0.4) is 0 Å². The maximum Gasteiger partial charge on any atom is 0.240 e. The first kappa shape index (κ1) is 12.6. The number of thioether (sulfide) groups is 2. The number of nitrogen functional groups attached to an aromatic ring is 1. The van der Waals surface area contributed by atoms with Gasteiger partial charge in [-0.2, -0.15) is 4.98 Å². The number of benzene rings is 1. The zero-order valence-corrected chi connectivity index (χ0v) is 11.7. The lowest BCUT2D eigenvalue weighted by Crippen LogP contribution is -2.23. The van der Waals surface area contributed by atoms with Gasteiger partial charge in [-0.05, 0) is 0 Å². The van der Waals surface area contributed by atoms with Crippen molar-refractivity contribution in [3.8, 4) is 0 Å². The fourth-order valence-electron chi connectivity index (χ4n) is 1.85. The summed E-state index contributed by atoms with van der Waals surface area (Å²) in [6, 6.07) is 9.33. The predicted molar refractivity (Wildman–Crippen MR) is 77.3 cm³/mol. The lowest BCUT2D eigenvalue weighted by Gasteiger charge is -2.20. The molecule has 1 aromatic heterocycles. The van der Waals surface area contributed by atoms with Crippen LogP contribution in [0.25, 0.3) is 0 Å². The molecule has 0 saturated carbocycles. The molecule has 0 saturated heterocycles. The van der Waals surface area contributed by atoms with Crippen LogP contribution in [0.4, 0.5) is 5.95 Å². The van der Waals surface area contributed by atoms with Crippen LogP contribution in [-0.2, 0) is 6.54 Å². The van der Waals surface area contributed by atoms with Crippen LogP contribution in [0.5, 0.6) is 0 Å². The van der Waals surface area contributed by atoms with Gasteiger partial charge >= 0.3 is 0 Å². The van der Waals surface area contributed by atoms with Crippen molar-refractivity contribution < 1.29 is 4.79 Å². The number of nitrogens with two attached hydrogens (primary N) is 1. The van der Waals surface area contributed by atoms with Crippen LogP contribution < -0.4 is 5.73 Å². The second kappa shape index (κ2) is 5.26. The molecule has 0 amide bonds. The summed E-state index contributed by atoms with van der Waals surface area (Å²) < 4.78 is 1.78. The molecule has 1 aliphatic rings. The monoisotopic (exact) mass is 292 g/mol. The molecule has 0 aliphatic carbocycles. The summed E-state index contributed by atoms with van der Waals surface area (Å²) in [5.41, 5.74) is 6.30. The number of carbonyl (C=O) groups excluding carboxylic acids is 1. The highest BCUT2D eigenvalue weighted by Gasteiger charge is 2.24. The van der Waals surface area contributed by atoms with Crippen molar-refractivity contribution in [2.75, 3.05) is 11.5 Å². The Morgan fingerprint density at radius 3 is 3.00 bits per heavy atom. The third kappa shape index (κ3) is 2.76. The Morgan fingerprint density at radius 2 is 2.21 bits per heavy atom. The smallest absolute Gasteiger partial charge is 0.240 e. The number of aromatic nitrogens is 3. The number of rotatable bonds is 2. The van der Waals surface area contributed by atoms with E-state index in [2.05, 4.69) is 10.1 Å². The van der Waals surface area contributed by atoms with Crippen LogP contribution in [0.2, 0.25) is 0 Å². The molecule has 0 bridgehead atoms. The highest BCUT2D eigenvalue weighted by atomic mass is 32.2. The summed E-state index contributed by atoms with van der Waals surface area (Å²) in [5.74, 6) is 1.14. The Balaban J connectivity index is 1.68. The van der Waals surface area contributed by atoms with E-state index in [1.807, 2.05) is 30.3 Å². The van der Waals surface area contributed by atoms with E-state index < -0.39 is 0 Å². The predicted octanol–water partition coefficient (Wildman–Crippen LogP) is 1.91. The molecule has 98 valence electrons. The maximum atomic E-state index is 12.1. The Kier molecular flexibility index (Phi) is 3.48. The van der Waals surface area contributed by atoms with Gasteiger partial charge in [-0.1, -0.05) is 53.9 Å². The van der Waals surface area contributed by atoms with Gasteiger partial charge in [0.25, 0.3) is 0 Å². The standard InChI is InChI=1S/C12H12N4OS2/c13-11-14-12-16(15-11)6-9(7-18-12)19-10(17)8-4-2-1-3-5-8/h1-5,9H,6-7H2,(H2,13,15). The number of carbonyl (C=O) groups is 1. The summed E-state index contributed by atoms with van der Waals surface area (Å²) in [5, 5.41) is 5.25. The van der Waals surface area contributed by atoms with E-state index in [4.69, 9.17) is 5.73 Å². The summed E-state index contributed by atoms with van der Waals surface area (Å²) in [6.45, 7) is 0.676. The molecule has 2 aromatic rings. The third-order valence-electron chi connectivity index (χ3n) is 2.71. The molecule has 0 fully saturated rings. The first-order chi connectivity index (χ1) is 9.22. The molecule has 1 atom stereocenters. The van der Waals surface area contributed by atoms with Gasteiger partial charge in [0.05, 0.1) is 6.54 Å². The van der Waals surface area contributed by atoms with Crippen molar-refractivity contribution in [1.29, 1.82) is 0 Å². The van der Waals surface area contributed by atoms with Gasteiger partial charge in [-0.3, -0.25) is 4.79 Å². The molecule has 2 heterocycles. The minimum absolute atomic E-state index is 0.0998. The fourth-order valence-corrected chi connectivity index (χ4v) is 3.98. The van der Waals surface area contributed by atoms with Gasteiger partial charge < -0.3 is 5.73 Å². The average molecular weight is 292 g/mol. The molecule has 2 N–H and O–H groups in total. The number of nitrogens with zero attached hydrogens (tertiary/aromatic N) is 3. The topological polar surface area (TPSA) is 73.8 Å². The van der Waals surface area contributed by atoms with Crippen LogP contribution in [0.1, 0.15) is 10.4 Å². The van der Waals surface area contributed by atoms with E-state index in [0.29, 0.717) is 12.5 Å². The van der Waals surface area contributed by atoms with Gasteiger partial charge in [-0.15, -0.1) is 5.10 Å². The quantitative estimate of drug-likeness (QED) is 0.911. The Labute approximate surface area is 119 Å². The average Bonchev–Trinajstić information content (AvgIpc) is 2.79. The minimum Gasteiger partial charge on any atom is -0.366 e. The highest BCUT2D eigenvalue weighted by molar-refractivity contribution is 8.15. The Morgan fingerprint density at radius 1 is 1.42 bits per heavy atom. The van der Waals surface area contributed by atoms with E-state index >= 15 is 0 Å².